The van der Waals surface area contributed by atoms with E-state index in [2.05, 4.69) is 53.7 Å². The largest absolute Gasteiger partial charge is 0.328 e. The molecule has 1 saturated heterocycles. The summed E-state index contributed by atoms with van der Waals surface area (Å²) < 4.78 is 10.1. The number of imidazole rings is 1. The lowest BCUT2D eigenvalue weighted by Crippen LogP contribution is -2.28. The second-order valence-electron chi connectivity index (χ2n) is 6.67. The lowest BCUT2D eigenvalue weighted by Gasteiger charge is -2.20. The predicted octanol–water partition coefficient (Wildman–Crippen LogP) is 3.51. The van der Waals surface area contributed by atoms with Crippen LogP contribution in [0.25, 0.3) is 17.5 Å². The van der Waals surface area contributed by atoms with Crippen molar-refractivity contribution in [1.82, 2.24) is 29.0 Å². The van der Waals surface area contributed by atoms with Crippen LogP contribution in [0.15, 0.2) is 28.7 Å². The number of aromatic nitrogens is 5. The third-order valence-corrected chi connectivity index (χ3v) is 5.76. The standard InChI is InChI=1S/C18H21IN8S/c1-26-11-13(9-23-26)15-10-22-18(27(15)6-4-19)17(20)24-16-7-14(25-28-16)12-3-2-5-21-8-12/h4,6-7,9-12,21H,2-3,5,8H2,1H3,(H2,20,24)/b6-4-. The number of halogens is 1. The molecule has 146 valence electrons. The van der Waals surface area contributed by atoms with E-state index >= 15 is 0 Å². The van der Waals surface area contributed by atoms with Crippen LogP contribution in [0, 0.1) is 5.41 Å². The average molecular weight is 508 g/mol. The molecule has 28 heavy (non-hydrogen) atoms. The highest BCUT2D eigenvalue weighted by Crippen LogP contribution is 2.28. The van der Waals surface area contributed by atoms with Crippen molar-refractivity contribution in [2.75, 3.05) is 18.4 Å². The Labute approximate surface area is 180 Å². The molecule has 1 unspecified atom stereocenters. The van der Waals surface area contributed by atoms with E-state index in [-0.39, 0.29) is 5.84 Å². The molecule has 1 atom stereocenters. The Hall–Kier alpha value is -2.05. The van der Waals surface area contributed by atoms with Crippen molar-refractivity contribution in [2.24, 2.45) is 7.05 Å². The number of aryl methyl sites for hydroxylation is 1. The molecule has 3 aromatic rings. The van der Waals surface area contributed by atoms with Gasteiger partial charge in [-0.2, -0.15) is 9.47 Å². The zero-order valence-electron chi connectivity index (χ0n) is 15.4. The number of nitrogens with zero attached hydrogens (tertiary/aromatic N) is 5. The molecule has 0 bridgehead atoms. The highest BCUT2D eigenvalue weighted by atomic mass is 127. The van der Waals surface area contributed by atoms with Gasteiger partial charge in [0.05, 0.1) is 23.8 Å². The first-order valence-electron chi connectivity index (χ1n) is 9.02. The maximum absolute atomic E-state index is 8.54. The van der Waals surface area contributed by atoms with Gasteiger partial charge in [0.25, 0.3) is 0 Å². The third kappa shape index (κ3) is 4.03. The van der Waals surface area contributed by atoms with Crippen LogP contribution in [0.4, 0.5) is 5.00 Å². The predicted molar refractivity (Wildman–Crippen MR) is 121 cm³/mol. The minimum Gasteiger partial charge on any atom is -0.328 e. The van der Waals surface area contributed by atoms with Gasteiger partial charge in [-0.3, -0.25) is 14.7 Å². The van der Waals surface area contributed by atoms with Crippen LogP contribution in [-0.2, 0) is 7.05 Å². The molecule has 0 saturated carbocycles. The second kappa shape index (κ2) is 8.53. The van der Waals surface area contributed by atoms with Gasteiger partial charge in [-0.1, -0.05) is 22.6 Å². The van der Waals surface area contributed by atoms with Gasteiger partial charge in [0.1, 0.15) is 5.00 Å². The summed E-state index contributed by atoms with van der Waals surface area (Å²) in [5, 5.41) is 20.2. The summed E-state index contributed by atoms with van der Waals surface area (Å²) in [5.41, 5.74) is 2.94. The number of rotatable bonds is 5. The average Bonchev–Trinajstić information content (AvgIpc) is 3.43. The van der Waals surface area contributed by atoms with Crippen LogP contribution < -0.4 is 10.6 Å². The maximum Gasteiger partial charge on any atom is 0.180 e. The van der Waals surface area contributed by atoms with E-state index in [9.17, 15) is 0 Å². The monoisotopic (exact) mass is 508 g/mol. The van der Waals surface area contributed by atoms with E-state index in [0.717, 1.165) is 41.5 Å². The summed E-state index contributed by atoms with van der Waals surface area (Å²) in [5.74, 6) is 1.23. The molecule has 0 spiro atoms. The number of piperidine rings is 1. The molecule has 4 heterocycles. The van der Waals surface area contributed by atoms with E-state index in [0.29, 0.717) is 11.7 Å². The Kier molecular flexibility index (Phi) is 5.87. The van der Waals surface area contributed by atoms with Gasteiger partial charge < -0.3 is 10.6 Å². The van der Waals surface area contributed by atoms with E-state index in [1.165, 1.54) is 18.0 Å². The van der Waals surface area contributed by atoms with Crippen LogP contribution in [0.1, 0.15) is 30.3 Å². The Morgan fingerprint density at radius 2 is 2.36 bits per heavy atom. The fourth-order valence-corrected chi connectivity index (χ4v) is 4.39. The molecule has 0 radical (unpaired) electrons. The summed E-state index contributed by atoms with van der Waals surface area (Å²) in [6.45, 7) is 2.06. The van der Waals surface area contributed by atoms with Crippen LogP contribution in [0.3, 0.4) is 0 Å². The van der Waals surface area contributed by atoms with Gasteiger partial charge in [0.2, 0.25) is 0 Å². The van der Waals surface area contributed by atoms with Crippen molar-refractivity contribution in [2.45, 2.75) is 18.8 Å². The van der Waals surface area contributed by atoms with Crippen LogP contribution in [0.2, 0.25) is 0 Å². The number of hydrogen-bond acceptors (Lipinski definition) is 6. The van der Waals surface area contributed by atoms with Gasteiger partial charge in [-0.05, 0) is 41.1 Å². The van der Waals surface area contributed by atoms with Crippen LogP contribution >= 0.6 is 34.1 Å². The summed E-state index contributed by atoms with van der Waals surface area (Å²) >= 11 is 3.56. The smallest absolute Gasteiger partial charge is 0.180 e. The minimum atomic E-state index is 0.238. The molecule has 3 N–H and O–H groups in total. The molecule has 1 fully saturated rings. The van der Waals surface area contributed by atoms with Crippen molar-refractivity contribution < 1.29 is 0 Å². The fraction of sp³-hybridized carbons (Fsp3) is 0.333. The summed E-state index contributed by atoms with van der Waals surface area (Å²) in [7, 11) is 1.88. The molecule has 1 aliphatic heterocycles. The molecular formula is C18H21IN8S. The first-order chi connectivity index (χ1) is 13.7. The topological polar surface area (TPSA) is 96.4 Å². The molecule has 4 rings (SSSR count). The van der Waals surface area contributed by atoms with Crippen LogP contribution in [-0.4, -0.2) is 42.6 Å². The molecule has 3 aromatic heterocycles. The lowest BCUT2D eigenvalue weighted by molar-refractivity contribution is 0.457. The highest BCUT2D eigenvalue weighted by Gasteiger charge is 2.20. The van der Waals surface area contributed by atoms with Gasteiger partial charge in [-0.15, -0.1) is 0 Å². The number of hydrogen-bond donors (Lipinski definition) is 3. The van der Waals surface area contributed by atoms with E-state index < -0.39 is 0 Å². The number of nitrogens with one attached hydrogen (secondary N) is 3. The molecule has 0 amide bonds. The van der Waals surface area contributed by atoms with Crippen molar-refractivity contribution in [3.8, 4) is 11.3 Å². The molecule has 8 nitrogen and oxygen atoms in total. The SMILES string of the molecule is Cn1cc(-c2cnc(C(=N)Nc3cc(C4CCCNC4)ns3)n2/C=C\I)cn1. The number of anilines is 1. The maximum atomic E-state index is 8.54. The first kappa shape index (κ1) is 19.3. The van der Waals surface area contributed by atoms with Crippen molar-refractivity contribution >= 4 is 51.2 Å². The van der Waals surface area contributed by atoms with E-state index in [4.69, 9.17) is 5.41 Å². The molecule has 0 aliphatic carbocycles. The Balaban J connectivity index is 1.55. The summed E-state index contributed by atoms with van der Waals surface area (Å²) in [6.07, 6.45) is 9.73. The van der Waals surface area contributed by atoms with Crippen molar-refractivity contribution in [1.29, 1.82) is 5.41 Å². The van der Waals surface area contributed by atoms with E-state index in [1.54, 1.807) is 17.1 Å². The van der Waals surface area contributed by atoms with E-state index in [1.807, 2.05) is 28.1 Å². The van der Waals surface area contributed by atoms with Gasteiger partial charge in [0, 0.05) is 37.5 Å². The van der Waals surface area contributed by atoms with Gasteiger partial charge in [0.15, 0.2) is 11.7 Å². The second-order valence-corrected chi connectivity index (χ2v) is 8.20. The zero-order chi connectivity index (χ0) is 19.5. The minimum absolute atomic E-state index is 0.238. The highest BCUT2D eigenvalue weighted by molar-refractivity contribution is 14.1. The summed E-state index contributed by atoms with van der Waals surface area (Å²) in [6, 6.07) is 2.06. The number of amidine groups is 1. The third-order valence-electron chi connectivity index (χ3n) is 4.72. The van der Waals surface area contributed by atoms with Crippen LogP contribution in [0.5, 0.6) is 0 Å². The fourth-order valence-electron chi connectivity index (χ4n) is 3.34. The van der Waals surface area contributed by atoms with Crippen molar-refractivity contribution in [3.05, 3.63) is 40.3 Å². The quantitative estimate of drug-likeness (QED) is 0.279. The zero-order valence-corrected chi connectivity index (χ0v) is 18.4. The Morgan fingerprint density at radius 1 is 1.46 bits per heavy atom. The molecule has 1 aliphatic rings. The van der Waals surface area contributed by atoms with Crippen molar-refractivity contribution in [3.63, 3.8) is 0 Å². The molecule has 0 aromatic carbocycles. The van der Waals surface area contributed by atoms with Gasteiger partial charge >= 0.3 is 0 Å². The van der Waals surface area contributed by atoms with Gasteiger partial charge in [-0.25, -0.2) is 4.98 Å². The lowest BCUT2D eigenvalue weighted by atomic mass is 9.96. The Bertz CT molecular complexity index is 995. The Morgan fingerprint density at radius 3 is 3.07 bits per heavy atom. The summed E-state index contributed by atoms with van der Waals surface area (Å²) in [4.78, 5) is 4.47. The first-order valence-corrected chi connectivity index (χ1v) is 11.0. The molecular weight excluding hydrogens is 487 g/mol. The molecule has 10 heteroatoms. The normalized spacial score (nSPS) is 17.3.